The minimum atomic E-state index is -0.0557. The normalized spacial score (nSPS) is 13.4. The third-order valence-electron chi connectivity index (χ3n) is 3.87. The molecule has 0 saturated heterocycles. The molecule has 0 spiro atoms. The molecule has 0 saturated carbocycles. The average Bonchev–Trinajstić information content (AvgIpc) is 2.67. The van der Waals surface area contributed by atoms with E-state index in [4.69, 9.17) is 4.74 Å². The highest BCUT2D eigenvalue weighted by atomic mass is 16.5. The van der Waals surface area contributed by atoms with Crippen molar-refractivity contribution < 1.29 is 9.53 Å². The molecule has 4 nitrogen and oxygen atoms in total. The van der Waals surface area contributed by atoms with Crippen LogP contribution in [0.1, 0.15) is 11.1 Å². The molecule has 0 bridgehead atoms. The molecular formula is C20H20N2O2. The summed E-state index contributed by atoms with van der Waals surface area (Å²) in [6.45, 7) is 1.04. The first-order valence-electron chi connectivity index (χ1n) is 7.87. The third-order valence-corrected chi connectivity index (χ3v) is 3.87. The molecule has 0 unspecified atom stereocenters. The lowest BCUT2D eigenvalue weighted by Gasteiger charge is -2.16. The van der Waals surface area contributed by atoms with E-state index in [1.807, 2.05) is 66.9 Å². The lowest BCUT2D eigenvalue weighted by Crippen LogP contribution is -2.30. The molecule has 1 aliphatic heterocycles. The van der Waals surface area contributed by atoms with E-state index in [-0.39, 0.29) is 5.91 Å². The van der Waals surface area contributed by atoms with Gasteiger partial charge in [-0.25, -0.2) is 0 Å². The molecule has 2 N–H and O–H groups in total. The van der Waals surface area contributed by atoms with E-state index in [9.17, 15) is 4.79 Å². The van der Waals surface area contributed by atoms with Gasteiger partial charge in [0.1, 0.15) is 5.75 Å². The Morgan fingerprint density at radius 3 is 2.79 bits per heavy atom. The van der Waals surface area contributed by atoms with Crippen molar-refractivity contribution >= 4 is 11.5 Å². The molecule has 2 aromatic carbocycles. The Balaban J connectivity index is 1.70. The van der Waals surface area contributed by atoms with Gasteiger partial charge >= 0.3 is 0 Å². The van der Waals surface area contributed by atoms with Crippen molar-refractivity contribution in [2.24, 2.45) is 0 Å². The summed E-state index contributed by atoms with van der Waals surface area (Å²) in [5.41, 5.74) is 3.77. The van der Waals surface area contributed by atoms with Gasteiger partial charge in [0.2, 0.25) is 5.91 Å². The maximum Gasteiger partial charge on any atom is 0.249 e. The molecule has 2 aromatic rings. The van der Waals surface area contributed by atoms with Crippen LogP contribution in [0.15, 0.2) is 72.4 Å². The maximum absolute atomic E-state index is 12.4. The number of ether oxygens (including phenoxy) is 1. The van der Waals surface area contributed by atoms with Crippen molar-refractivity contribution in [1.82, 2.24) is 10.6 Å². The van der Waals surface area contributed by atoms with Crippen LogP contribution in [0.3, 0.4) is 0 Å². The molecule has 4 heteroatoms. The third kappa shape index (κ3) is 3.84. The molecule has 1 aliphatic rings. The van der Waals surface area contributed by atoms with Gasteiger partial charge in [0.25, 0.3) is 0 Å². The number of hydrogen-bond acceptors (Lipinski definition) is 3. The second kappa shape index (κ2) is 7.51. The van der Waals surface area contributed by atoms with Crippen LogP contribution in [0.5, 0.6) is 5.75 Å². The SMILES string of the molecule is COc1cccc(C2=CNCC(C(=O)NCc3ccccc3)=C2)c1. The summed E-state index contributed by atoms with van der Waals surface area (Å²) in [7, 11) is 1.64. The zero-order chi connectivity index (χ0) is 16.8. The van der Waals surface area contributed by atoms with E-state index in [1.54, 1.807) is 7.11 Å². The minimum absolute atomic E-state index is 0.0557. The highest BCUT2D eigenvalue weighted by Gasteiger charge is 2.14. The average molecular weight is 320 g/mol. The topological polar surface area (TPSA) is 50.4 Å². The molecule has 0 fully saturated rings. The smallest absolute Gasteiger partial charge is 0.249 e. The molecular weight excluding hydrogens is 300 g/mol. The fourth-order valence-electron chi connectivity index (χ4n) is 2.56. The summed E-state index contributed by atoms with van der Waals surface area (Å²) in [5.74, 6) is 0.738. The van der Waals surface area contributed by atoms with Crippen molar-refractivity contribution in [3.05, 3.63) is 83.6 Å². The maximum atomic E-state index is 12.4. The predicted octanol–water partition coefficient (Wildman–Crippen LogP) is 2.88. The van der Waals surface area contributed by atoms with Crippen molar-refractivity contribution in [2.75, 3.05) is 13.7 Å². The summed E-state index contributed by atoms with van der Waals surface area (Å²) < 4.78 is 5.26. The summed E-state index contributed by atoms with van der Waals surface area (Å²) >= 11 is 0. The second-order valence-corrected chi connectivity index (χ2v) is 5.55. The molecule has 1 amide bonds. The van der Waals surface area contributed by atoms with Gasteiger partial charge in [-0.1, -0.05) is 42.5 Å². The molecule has 122 valence electrons. The number of methoxy groups -OCH3 is 1. The summed E-state index contributed by atoms with van der Waals surface area (Å²) in [6, 6.07) is 17.7. The Kier molecular flexibility index (Phi) is 4.96. The van der Waals surface area contributed by atoms with Gasteiger partial charge in [-0.2, -0.15) is 0 Å². The van der Waals surface area contributed by atoms with Gasteiger partial charge in [0, 0.05) is 24.9 Å². The van der Waals surface area contributed by atoms with Crippen LogP contribution in [0.4, 0.5) is 0 Å². The van der Waals surface area contributed by atoms with E-state index in [1.165, 1.54) is 0 Å². The monoisotopic (exact) mass is 320 g/mol. The standard InChI is InChI=1S/C20H20N2O2/c1-24-19-9-5-8-16(11-19)17-10-18(14-21-13-17)20(23)22-12-15-6-3-2-4-7-15/h2-11,13,21H,12,14H2,1H3,(H,22,23). The van der Waals surface area contributed by atoms with Crippen LogP contribution >= 0.6 is 0 Å². The van der Waals surface area contributed by atoms with Crippen LogP contribution < -0.4 is 15.4 Å². The number of carbonyl (C=O) groups excluding carboxylic acids is 1. The molecule has 0 atom stereocenters. The quantitative estimate of drug-likeness (QED) is 0.891. The van der Waals surface area contributed by atoms with Gasteiger partial charge in [-0.05, 0) is 34.9 Å². The first kappa shape index (κ1) is 15.9. The Morgan fingerprint density at radius 1 is 1.17 bits per heavy atom. The number of nitrogens with one attached hydrogen (secondary N) is 2. The molecule has 24 heavy (non-hydrogen) atoms. The lowest BCUT2D eigenvalue weighted by molar-refractivity contribution is -0.117. The molecule has 3 rings (SSSR count). The first-order chi connectivity index (χ1) is 11.8. The van der Waals surface area contributed by atoms with Crippen molar-refractivity contribution in [3.8, 4) is 5.75 Å². The summed E-state index contributed by atoms with van der Waals surface area (Å²) in [4.78, 5) is 12.4. The Bertz CT molecular complexity index is 779. The van der Waals surface area contributed by atoms with Gasteiger partial charge in [0.15, 0.2) is 0 Å². The zero-order valence-corrected chi connectivity index (χ0v) is 13.6. The van der Waals surface area contributed by atoms with Crippen molar-refractivity contribution in [2.45, 2.75) is 6.54 Å². The van der Waals surface area contributed by atoms with Crippen molar-refractivity contribution in [1.29, 1.82) is 0 Å². The Morgan fingerprint density at radius 2 is 2.00 bits per heavy atom. The summed E-state index contributed by atoms with van der Waals surface area (Å²) in [6.07, 6.45) is 3.84. The molecule has 1 heterocycles. The largest absolute Gasteiger partial charge is 0.497 e. The predicted molar refractivity (Wildman–Crippen MR) is 95.3 cm³/mol. The van der Waals surface area contributed by atoms with Crippen LogP contribution in [-0.2, 0) is 11.3 Å². The van der Waals surface area contributed by atoms with E-state index in [0.717, 1.165) is 22.4 Å². The number of hydrogen-bond donors (Lipinski definition) is 2. The number of benzene rings is 2. The highest BCUT2D eigenvalue weighted by Crippen LogP contribution is 2.23. The van der Waals surface area contributed by atoms with E-state index < -0.39 is 0 Å². The van der Waals surface area contributed by atoms with E-state index in [2.05, 4.69) is 10.6 Å². The van der Waals surface area contributed by atoms with Crippen LogP contribution in [-0.4, -0.2) is 19.6 Å². The lowest BCUT2D eigenvalue weighted by atomic mass is 10.0. The van der Waals surface area contributed by atoms with Gasteiger partial charge < -0.3 is 15.4 Å². The summed E-state index contributed by atoms with van der Waals surface area (Å²) in [5, 5.41) is 6.13. The number of amides is 1. The van der Waals surface area contributed by atoms with E-state index in [0.29, 0.717) is 18.7 Å². The van der Waals surface area contributed by atoms with E-state index >= 15 is 0 Å². The van der Waals surface area contributed by atoms with Crippen LogP contribution in [0.25, 0.3) is 5.57 Å². The molecule has 0 aromatic heterocycles. The number of rotatable bonds is 5. The molecule has 0 aliphatic carbocycles. The number of dihydropyridines is 1. The van der Waals surface area contributed by atoms with Gasteiger partial charge in [0.05, 0.1) is 7.11 Å². The molecule has 0 radical (unpaired) electrons. The second-order valence-electron chi connectivity index (χ2n) is 5.55. The van der Waals surface area contributed by atoms with Crippen molar-refractivity contribution in [3.63, 3.8) is 0 Å². The minimum Gasteiger partial charge on any atom is -0.497 e. The van der Waals surface area contributed by atoms with Crippen LogP contribution in [0, 0.1) is 0 Å². The van der Waals surface area contributed by atoms with Gasteiger partial charge in [-0.15, -0.1) is 0 Å². The first-order valence-corrected chi connectivity index (χ1v) is 7.87. The Labute approximate surface area is 141 Å². The fraction of sp³-hybridized carbons (Fsp3) is 0.150. The number of carbonyl (C=O) groups is 1. The highest BCUT2D eigenvalue weighted by molar-refractivity contribution is 5.97. The van der Waals surface area contributed by atoms with Gasteiger partial charge in [-0.3, -0.25) is 4.79 Å². The Hall–Kier alpha value is -3.01. The van der Waals surface area contributed by atoms with Crippen LogP contribution in [0.2, 0.25) is 0 Å². The fourth-order valence-corrected chi connectivity index (χ4v) is 2.56. The number of allylic oxidation sites excluding steroid dienone is 2. The zero-order valence-electron chi connectivity index (χ0n) is 13.6.